The lowest BCUT2D eigenvalue weighted by Crippen LogP contribution is -2.44. The second-order valence-electron chi connectivity index (χ2n) is 5.11. The van der Waals surface area contributed by atoms with E-state index in [1.807, 2.05) is 37.3 Å². The van der Waals surface area contributed by atoms with E-state index in [9.17, 15) is 14.4 Å². The number of rotatable bonds is 6. The van der Waals surface area contributed by atoms with Crippen LogP contribution in [0.2, 0.25) is 0 Å². The molecule has 0 fully saturated rings. The lowest BCUT2D eigenvalue weighted by atomic mass is 10.2. The molecule has 0 radical (unpaired) electrons. The monoisotopic (exact) mass is 362 g/mol. The first-order chi connectivity index (χ1) is 12.0. The predicted molar refractivity (Wildman–Crippen MR) is 91.0 cm³/mol. The highest BCUT2D eigenvalue weighted by atomic mass is 32.1. The molecule has 9 heteroatoms. The Kier molecular flexibility index (Phi) is 6.58. The number of ether oxygens (including phenoxy) is 1. The lowest BCUT2D eigenvalue weighted by Gasteiger charge is -2.13. The Morgan fingerprint density at radius 1 is 1.24 bits per heavy atom. The number of benzene rings is 1. The van der Waals surface area contributed by atoms with Crippen molar-refractivity contribution in [2.24, 2.45) is 0 Å². The zero-order valence-corrected chi connectivity index (χ0v) is 14.6. The molecule has 1 aromatic carbocycles. The Morgan fingerprint density at radius 2 is 1.96 bits per heavy atom. The third kappa shape index (κ3) is 5.35. The van der Waals surface area contributed by atoms with Gasteiger partial charge in [0.05, 0.1) is 5.69 Å². The van der Waals surface area contributed by atoms with Crippen molar-refractivity contribution in [2.75, 3.05) is 0 Å². The number of urea groups is 1. The molecule has 0 bridgehead atoms. The molecule has 8 nitrogen and oxygen atoms in total. The minimum absolute atomic E-state index is 0.260. The molecule has 132 valence electrons. The van der Waals surface area contributed by atoms with Crippen LogP contribution >= 0.6 is 11.5 Å². The molecule has 0 unspecified atom stereocenters. The van der Waals surface area contributed by atoms with Gasteiger partial charge in [0.15, 0.2) is 11.0 Å². The van der Waals surface area contributed by atoms with Crippen LogP contribution in [-0.2, 0) is 22.5 Å². The Labute approximate surface area is 148 Å². The van der Waals surface area contributed by atoms with Gasteiger partial charge in [0, 0.05) is 6.54 Å². The summed E-state index contributed by atoms with van der Waals surface area (Å²) in [5.74, 6) is -1.39. The molecule has 2 rings (SSSR count). The summed E-state index contributed by atoms with van der Waals surface area (Å²) < 4.78 is 8.76. The predicted octanol–water partition coefficient (Wildman–Crippen LogP) is 1.67. The van der Waals surface area contributed by atoms with Crippen molar-refractivity contribution >= 4 is 29.4 Å². The molecular weight excluding hydrogens is 344 g/mol. The van der Waals surface area contributed by atoms with Crippen LogP contribution in [0.15, 0.2) is 30.3 Å². The van der Waals surface area contributed by atoms with E-state index in [1.165, 1.54) is 6.92 Å². The van der Waals surface area contributed by atoms with E-state index >= 15 is 0 Å². The van der Waals surface area contributed by atoms with Crippen LogP contribution in [0.25, 0.3) is 0 Å². The van der Waals surface area contributed by atoms with Crippen molar-refractivity contribution < 1.29 is 19.1 Å². The van der Waals surface area contributed by atoms with Gasteiger partial charge in [0.1, 0.15) is 0 Å². The number of nitrogens with zero attached hydrogens (tertiary/aromatic N) is 2. The summed E-state index contributed by atoms with van der Waals surface area (Å²) in [6.07, 6.45) is -0.592. The number of aryl methyl sites for hydroxylation is 1. The SMILES string of the molecule is CCc1nnsc1C(=O)O[C@H](C)C(=O)NC(=O)NCc1ccccc1. The fourth-order valence-electron chi connectivity index (χ4n) is 1.90. The number of aromatic nitrogens is 2. The summed E-state index contributed by atoms with van der Waals surface area (Å²) in [6.45, 7) is 3.50. The highest BCUT2D eigenvalue weighted by molar-refractivity contribution is 7.07. The molecule has 0 saturated heterocycles. The number of hydrogen-bond donors (Lipinski definition) is 2. The molecule has 0 aliphatic rings. The van der Waals surface area contributed by atoms with Crippen molar-refractivity contribution in [3.05, 3.63) is 46.5 Å². The number of esters is 1. The maximum absolute atomic E-state index is 12.0. The zero-order valence-electron chi connectivity index (χ0n) is 13.8. The van der Waals surface area contributed by atoms with Gasteiger partial charge < -0.3 is 10.1 Å². The van der Waals surface area contributed by atoms with Gasteiger partial charge in [0.25, 0.3) is 5.91 Å². The van der Waals surface area contributed by atoms with Gasteiger partial charge in [-0.3, -0.25) is 10.1 Å². The number of nitrogens with one attached hydrogen (secondary N) is 2. The number of hydrogen-bond acceptors (Lipinski definition) is 7. The fourth-order valence-corrected chi connectivity index (χ4v) is 2.53. The fraction of sp³-hybridized carbons (Fsp3) is 0.312. The van der Waals surface area contributed by atoms with Gasteiger partial charge in [-0.2, -0.15) is 0 Å². The molecule has 25 heavy (non-hydrogen) atoms. The summed E-state index contributed by atoms with van der Waals surface area (Å²) in [5.41, 5.74) is 1.41. The van der Waals surface area contributed by atoms with E-state index in [2.05, 4.69) is 20.2 Å². The highest BCUT2D eigenvalue weighted by Crippen LogP contribution is 2.13. The van der Waals surface area contributed by atoms with Gasteiger partial charge in [-0.25, -0.2) is 9.59 Å². The normalized spacial score (nSPS) is 11.4. The highest BCUT2D eigenvalue weighted by Gasteiger charge is 2.23. The lowest BCUT2D eigenvalue weighted by molar-refractivity contribution is -0.127. The second-order valence-corrected chi connectivity index (χ2v) is 5.86. The van der Waals surface area contributed by atoms with Crippen molar-refractivity contribution in [1.82, 2.24) is 20.2 Å². The Morgan fingerprint density at radius 3 is 2.64 bits per heavy atom. The Balaban J connectivity index is 1.81. The average Bonchev–Trinajstić information content (AvgIpc) is 3.09. The maximum Gasteiger partial charge on any atom is 0.352 e. The van der Waals surface area contributed by atoms with E-state index in [4.69, 9.17) is 4.74 Å². The first-order valence-corrected chi connectivity index (χ1v) is 8.43. The van der Waals surface area contributed by atoms with Crippen LogP contribution < -0.4 is 10.6 Å². The largest absolute Gasteiger partial charge is 0.448 e. The van der Waals surface area contributed by atoms with Crippen LogP contribution in [-0.4, -0.2) is 33.6 Å². The third-order valence-corrected chi connectivity index (χ3v) is 4.01. The van der Waals surface area contributed by atoms with E-state index in [-0.39, 0.29) is 11.4 Å². The molecule has 0 aliphatic heterocycles. The summed E-state index contributed by atoms with van der Waals surface area (Å²) >= 11 is 0.909. The first kappa shape index (κ1) is 18.5. The molecule has 1 heterocycles. The number of carbonyl (C=O) groups excluding carboxylic acids is 3. The van der Waals surface area contributed by atoms with E-state index < -0.39 is 24.0 Å². The molecule has 3 amide bonds. The number of amides is 3. The summed E-state index contributed by atoms with van der Waals surface area (Å²) in [4.78, 5) is 36.0. The molecule has 1 atom stereocenters. The van der Waals surface area contributed by atoms with Crippen LogP contribution in [0.4, 0.5) is 4.79 Å². The molecule has 2 aromatic rings. The van der Waals surface area contributed by atoms with Crippen molar-refractivity contribution in [2.45, 2.75) is 32.9 Å². The number of imide groups is 1. The summed E-state index contributed by atoms with van der Waals surface area (Å²) in [7, 11) is 0. The average molecular weight is 362 g/mol. The van der Waals surface area contributed by atoms with Crippen molar-refractivity contribution in [3.63, 3.8) is 0 Å². The minimum atomic E-state index is -1.12. The molecular formula is C16H18N4O4S. The summed E-state index contributed by atoms with van der Waals surface area (Å²) in [5, 5.41) is 8.50. The van der Waals surface area contributed by atoms with Crippen molar-refractivity contribution in [3.8, 4) is 0 Å². The Bertz CT molecular complexity index is 748. The first-order valence-electron chi connectivity index (χ1n) is 7.66. The van der Waals surface area contributed by atoms with Gasteiger partial charge in [0.2, 0.25) is 0 Å². The van der Waals surface area contributed by atoms with Crippen LogP contribution in [0, 0.1) is 0 Å². The molecule has 0 saturated carbocycles. The third-order valence-electron chi connectivity index (χ3n) is 3.26. The standard InChI is InChI=1S/C16H18N4O4S/c1-3-12-13(25-20-19-12)15(22)24-10(2)14(21)18-16(23)17-9-11-7-5-4-6-8-11/h4-8,10H,3,9H2,1-2H3,(H2,17,18,21,23)/t10-/m1/s1. The van der Waals surface area contributed by atoms with Gasteiger partial charge in [-0.1, -0.05) is 41.7 Å². The van der Waals surface area contributed by atoms with E-state index in [0.29, 0.717) is 12.1 Å². The smallest absolute Gasteiger partial charge is 0.352 e. The van der Waals surface area contributed by atoms with Crippen LogP contribution in [0.5, 0.6) is 0 Å². The quantitative estimate of drug-likeness (QED) is 0.757. The Hall–Kier alpha value is -2.81. The van der Waals surface area contributed by atoms with Gasteiger partial charge in [-0.05, 0) is 30.4 Å². The summed E-state index contributed by atoms with van der Waals surface area (Å²) in [6, 6.07) is 8.60. The van der Waals surface area contributed by atoms with Crippen molar-refractivity contribution in [1.29, 1.82) is 0 Å². The minimum Gasteiger partial charge on any atom is -0.448 e. The van der Waals surface area contributed by atoms with E-state index in [1.54, 1.807) is 0 Å². The van der Waals surface area contributed by atoms with Gasteiger partial charge in [-0.15, -0.1) is 5.10 Å². The van der Waals surface area contributed by atoms with E-state index in [0.717, 1.165) is 17.1 Å². The molecule has 2 N–H and O–H groups in total. The van der Waals surface area contributed by atoms with Gasteiger partial charge >= 0.3 is 12.0 Å². The van der Waals surface area contributed by atoms with Crippen LogP contribution in [0.3, 0.4) is 0 Å². The maximum atomic E-state index is 12.0. The molecule has 0 spiro atoms. The molecule has 1 aromatic heterocycles. The number of carbonyl (C=O) groups is 3. The van der Waals surface area contributed by atoms with Crippen LogP contribution in [0.1, 0.15) is 34.8 Å². The molecule has 0 aliphatic carbocycles. The zero-order chi connectivity index (χ0) is 18.2. The topological polar surface area (TPSA) is 110 Å². The second kappa shape index (κ2) is 8.88.